The molecule has 1 spiro atoms. The number of nitrogens with one attached hydrogen (secondary N) is 1. The fourth-order valence-electron chi connectivity index (χ4n) is 4.36. The third-order valence-corrected chi connectivity index (χ3v) is 5.98. The van der Waals surface area contributed by atoms with Crippen molar-refractivity contribution in [2.45, 2.75) is 50.0 Å². The Hall–Kier alpha value is -1.88. The van der Waals surface area contributed by atoms with Gasteiger partial charge in [-0.05, 0) is 37.3 Å². The summed E-state index contributed by atoms with van der Waals surface area (Å²) in [6.07, 6.45) is 6.03. The monoisotopic (exact) mass is 328 g/mol. The van der Waals surface area contributed by atoms with E-state index in [-0.39, 0.29) is 24.0 Å². The van der Waals surface area contributed by atoms with Gasteiger partial charge in [-0.15, -0.1) is 0 Å². The minimum Gasteiger partial charge on any atom is -0.396 e. The van der Waals surface area contributed by atoms with E-state index in [0.29, 0.717) is 6.54 Å². The first-order valence-electron chi connectivity index (χ1n) is 8.97. The van der Waals surface area contributed by atoms with Crippen LogP contribution in [0.25, 0.3) is 0 Å². The molecule has 0 saturated heterocycles. The van der Waals surface area contributed by atoms with Crippen molar-refractivity contribution >= 4 is 17.5 Å². The highest BCUT2D eigenvalue weighted by Gasteiger charge is 2.53. The van der Waals surface area contributed by atoms with Gasteiger partial charge in [0.1, 0.15) is 0 Å². The molecule has 128 valence electrons. The van der Waals surface area contributed by atoms with E-state index in [9.17, 15) is 14.7 Å². The van der Waals surface area contributed by atoms with Gasteiger partial charge in [-0.3, -0.25) is 9.59 Å². The van der Waals surface area contributed by atoms with Crippen molar-refractivity contribution in [2.75, 3.05) is 18.1 Å². The second kappa shape index (κ2) is 5.88. The molecule has 2 aliphatic carbocycles. The lowest BCUT2D eigenvalue weighted by atomic mass is 9.85. The van der Waals surface area contributed by atoms with Crippen LogP contribution in [0.3, 0.4) is 0 Å². The quantitative estimate of drug-likeness (QED) is 0.813. The Balaban J connectivity index is 1.49. The summed E-state index contributed by atoms with van der Waals surface area (Å²) in [5.41, 5.74) is 2.18. The molecule has 1 heterocycles. The number of carbonyl (C=O) groups is 2. The Labute approximate surface area is 142 Å². The minimum absolute atomic E-state index is 0.0643. The first-order chi connectivity index (χ1) is 11.6. The molecule has 2 amide bonds. The molecule has 2 unspecified atom stereocenters. The Kier molecular flexibility index (Phi) is 3.83. The van der Waals surface area contributed by atoms with Gasteiger partial charge in [0.2, 0.25) is 0 Å². The molecule has 24 heavy (non-hydrogen) atoms. The third-order valence-electron chi connectivity index (χ3n) is 5.98. The molecule has 3 aliphatic rings. The molecule has 2 N–H and O–H groups in total. The number of hydrogen-bond donors (Lipinski definition) is 2. The number of aliphatic hydroxyl groups is 1. The first-order valence-corrected chi connectivity index (χ1v) is 8.97. The summed E-state index contributed by atoms with van der Waals surface area (Å²) < 4.78 is 0. The average Bonchev–Trinajstić information content (AvgIpc) is 3.32. The summed E-state index contributed by atoms with van der Waals surface area (Å²) in [5, 5.41) is 12.4. The van der Waals surface area contributed by atoms with Gasteiger partial charge in [-0.25, -0.2) is 0 Å². The fourth-order valence-corrected chi connectivity index (χ4v) is 4.36. The molecular weight excluding hydrogens is 304 g/mol. The van der Waals surface area contributed by atoms with Crippen LogP contribution in [-0.2, 0) is 15.0 Å². The number of fused-ring (bicyclic) bond motifs is 2. The van der Waals surface area contributed by atoms with E-state index < -0.39 is 11.8 Å². The predicted molar refractivity (Wildman–Crippen MR) is 90.7 cm³/mol. The Morgan fingerprint density at radius 3 is 2.71 bits per heavy atom. The van der Waals surface area contributed by atoms with Crippen LogP contribution in [0.15, 0.2) is 24.3 Å². The van der Waals surface area contributed by atoms with Crippen LogP contribution in [0.5, 0.6) is 0 Å². The van der Waals surface area contributed by atoms with Crippen LogP contribution in [0, 0.1) is 5.92 Å². The van der Waals surface area contributed by atoms with Gasteiger partial charge in [-0.1, -0.05) is 31.0 Å². The van der Waals surface area contributed by atoms with E-state index >= 15 is 0 Å². The molecule has 1 aromatic rings. The number of hydrogen-bond acceptors (Lipinski definition) is 3. The lowest BCUT2D eigenvalue weighted by molar-refractivity contribution is -0.138. The van der Waals surface area contributed by atoms with Crippen LogP contribution in [0.1, 0.15) is 44.1 Å². The van der Waals surface area contributed by atoms with Crippen molar-refractivity contribution in [3.63, 3.8) is 0 Å². The molecule has 2 fully saturated rings. The van der Waals surface area contributed by atoms with Crippen LogP contribution in [0.4, 0.5) is 5.69 Å². The van der Waals surface area contributed by atoms with Gasteiger partial charge in [0.25, 0.3) is 0 Å². The summed E-state index contributed by atoms with van der Waals surface area (Å²) in [4.78, 5) is 26.9. The maximum absolute atomic E-state index is 12.7. The molecule has 1 aliphatic heterocycles. The summed E-state index contributed by atoms with van der Waals surface area (Å²) in [7, 11) is 0. The zero-order valence-electron chi connectivity index (χ0n) is 13.8. The minimum atomic E-state index is -0.534. The highest BCUT2D eigenvalue weighted by molar-refractivity contribution is 6.40. The molecule has 4 rings (SSSR count). The molecule has 5 heteroatoms. The fraction of sp³-hybridized carbons (Fsp3) is 0.579. The Morgan fingerprint density at radius 2 is 1.96 bits per heavy atom. The number of rotatable bonds is 2. The smallest absolute Gasteiger partial charge is 0.316 e. The SMILES string of the molecule is O=C(NC1CCCCC1CO)C(=O)N1CC2(CC2)c2ccccc21. The predicted octanol–water partition coefficient (Wildman–Crippen LogP) is 1.73. The van der Waals surface area contributed by atoms with E-state index in [4.69, 9.17) is 0 Å². The second-order valence-electron chi connectivity index (χ2n) is 7.50. The molecule has 5 nitrogen and oxygen atoms in total. The normalized spacial score (nSPS) is 27.0. The maximum Gasteiger partial charge on any atom is 0.316 e. The summed E-state index contributed by atoms with van der Waals surface area (Å²) in [6, 6.07) is 7.84. The number of aliphatic hydroxyl groups excluding tert-OH is 1. The van der Waals surface area contributed by atoms with Crippen molar-refractivity contribution < 1.29 is 14.7 Å². The highest BCUT2D eigenvalue weighted by atomic mass is 16.3. The van der Waals surface area contributed by atoms with E-state index in [0.717, 1.165) is 44.2 Å². The van der Waals surface area contributed by atoms with Crippen LogP contribution in [0.2, 0.25) is 0 Å². The van der Waals surface area contributed by atoms with Crippen molar-refractivity contribution in [2.24, 2.45) is 5.92 Å². The molecular formula is C19H24N2O3. The first kappa shape index (κ1) is 15.6. The van der Waals surface area contributed by atoms with Gasteiger partial charge < -0.3 is 15.3 Å². The number of carbonyl (C=O) groups excluding carboxylic acids is 2. The number of para-hydroxylation sites is 1. The molecule has 2 atom stereocenters. The molecule has 1 aromatic carbocycles. The molecule has 0 radical (unpaired) electrons. The lowest BCUT2D eigenvalue weighted by Crippen LogP contribution is -2.50. The summed E-state index contributed by atoms with van der Waals surface area (Å²) in [5.74, 6) is -0.933. The van der Waals surface area contributed by atoms with E-state index in [2.05, 4.69) is 11.4 Å². The van der Waals surface area contributed by atoms with Crippen molar-refractivity contribution in [3.8, 4) is 0 Å². The number of anilines is 1. The largest absolute Gasteiger partial charge is 0.396 e. The zero-order chi connectivity index (χ0) is 16.7. The topological polar surface area (TPSA) is 69.6 Å². The van der Waals surface area contributed by atoms with Crippen molar-refractivity contribution in [3.05, 3.63) is 29.8 Å². The van der Waals surface area contributed by atoms with Gasteiger partial charge >= 0.3 is 11.8 Å². The lowest BCUT2D eigenvalue weighted by Gasteiger charge is -2.31. The Morgan fingerprint density at radius 1 is 1.21 bits per heavy atom. The van der Waals surface area contributed by atoms with Crippen LogP contribution < -0.4 is 10.2 Å². The standard InChI is InChI=1S/C19H24N2O3/c22-11-13-5-1-3-7-15(13)20-17(23)18(24)21-12-19(9-10-19)14-6-2-4-8-16(14)21/h2,4,6,8,13,15,22H,1,3,5,7,9-12H2,(H,20,23). The zero-order valence-corrected chi connectivity index (χ0v) is 13.8. The maximum atomic E-state index is 12.7. The van der Waals surface area contributed by atoms with Gasteiger partial charge in [0, 0.05) is 36.2 Å². The van der Waals surface area contributed by atoms with Crippen LogP contribution in [-0.4, -0.2) is 36.1 Å². The number of amides is 2. The van der Waals surface area contributed by atoms with E-state index in [1.54, 1.807) is 4.90 Å². The van der Waals surface area contributed by atoms with E-state index in [1.807, 2.05) is 18.2 Å². The van der Waals surface area contributed by atoms with E-state index in [1.165, 1.54) is 5.56 Å². The Bertz CT molecular complexity index is 668. The second-order valence-corrected chi connectivity index (χ2v) is 7.50. The summed E-state index contributed by atoms with van der Waals surface area (Å²) >= 11 is 0. The van der Waals surface area contributed by atoms with Gasteiger partial charge in [0.05, 0.1) is 0 Å². The molecule has 2 saturated carbocycles. The third kappa shape index (κ3) is 2.51. The van der Waals surface area contributed by atoms with Crippen molar-refractivity contribution in [1.29, 1.82) is 0 Å². The van der Waals surface area contributed by atoms with Crippen molar-refractivity contribution in [1.82, 2.24) is 5.32 Å². The van der Waals surface area contributed by atoms with Gasteiger partial charge in [0.15, 0.2) is 0 Å². The number of nitrogens with zero attached hydrogens (tertiary/aromatic N) is 1. The van der Waals surface area contributed by atoms with Gasteiger partial charge in [-0.2, -0.15) is 0 Å². The molecule has 0 bridgehead atoms. The highest BCUT2D eigenvalue weighted by Crippen LogP contribution is 2.56. The average molecular weight is 328 g/mol. The summed E-state index contributed by atoms with van der Waals surface area (Å²) in [6.45, 7) is 0.682. The molecule has 0 aromatic heterocycles. The number of benzene rings is 1. The van der Waals surface area contributed by atoms with Crippen LogP contribution >= 0.6 is 0 Å².